The summed E-state index contributed by atoms with van der Waals surface area (Å²) in [6.07, 6.45) is 1.64. The van der Waals surface area contributed by atoms with Crippen molar-refractivity contribution in [1.29, 1.82) is 5.26 Å². The third-order valence-corrected chi connectivity index (χ3v) is 5.03. The van der Waals surface area contributed by atoms with Gasteiger partial charge in [0.25, 0.3) is 11.6 Å². The van der Waals surface area contributed by atoms with Gasteiger partial charge in [-0.1, -0.05) is 18.2 Å². The van der Waals surface area contributed by atoms with E-state index in [-0.39, 0.29) is 18.2 Å². The van der Waals surface area contributed by atoms with Crippen LogP contribution >= 0.6 is 0 Å². The molecule has 0 aromatic heterocycles. The van der Waals surface area contributed by atoms with E-state index in [0.717, 1.165) is 16.8 Å². The number of anilines is 1. The molecule has 1 N–H and O–H groups in total. The summed E-state index contributed by atoms with van der Waals surface area (Å²) < 4.78 is 11.0. The van der Waals surface area contributed by atoms with Crippen molar-refractivity contribution in [3.8, 4) is 17.6 Å². The molecule has 3 aromatic rings. The molecule has 0 unspecified atom stereocenters. The first kappa shape index (κ1) is 24.0. The number of nitrogens with zero attached hydrogens (tertiary/aromatic N) is 2. The molecule has 34 heavy (non-hydrogen) atoms. The Labute approximate surface area is 197 Å². The molecule has 8 nitrogen and oxygen atoms in total. The van der Waals surface area contributed by atoms with Gasteiger partial charge in [-0.15, -0.1) is 0 Å². The van der Waals surface area contributed by atoms with Crippen LogP contribution in [-0.4, -0.2) is 24.5 Å². The minimum absolute atomic E-state index is 0.0502. The number of rotatable bonds is 8. The highest BCUT2D eigenvalue weighted by Gasteiger charge is 2.11. The monoisotopic (exact) mass is 457 g/mol. The molecular weight excluding hydrogens is 434 g/mol. The third kappa shape index (κ3) is 5.99. The largest absolute Gasteiger partial charge is 0.493 e. The van der Waals surface area contributed by atoms with E-state index in [4.69, 9.17) is 9.47 Å². The molecule has 3 aromatic carbocycles. The number of nitriles is 1. The Morgan fingerprint density at radius 1 is 1.09 bits per heavy atom. The van der Waals surface area contributed by atoms with Crippen molar-refractivity contribution < 1.29 is 19.2 Å². The molecule has 0 aliphatic heterocycles. The summed E-state index contributed by atoms with van der Waals surface area (Å²) in [4.78, 5) is 22.7. The van der Waals surface area contributed by atoms with Crippen molar-refractivity contribution in [3.05, 3.63) is 93.0 Å². The summed E-state index contributed by atoms with van der Waals surface area (Å²) in [6, 6.07) is 18.7. The van der Waals surface area contributed by atoms with Gasteiger partial charge < -0.3 is 14.8 Å². The van der Waals surface area contributed by atoms with E-state index in [1.54, 1.807) is 24.3 Å². The fourth-order valence-corrected chi connectivity index (χ4v) is 3.20. The number of carbonyl (C=O) groups is 1. The fourth-order valence-electron chi connectivity index (χ4n) is 3.20. The Morgan fingerprint density at radius 3 is 2.47 bits per heavy atom. The lowest BCUT2D eigenvalue weighted by Gasteiger charge is -2.13. The lowest BCUT2D eigenvalue weighted by Crippen LogP contribution is -2.20. The summed E-state index contributed by atoms with van der Waals surface area (Å²) in [5.41, 5.74) is 4.22. The van der Waals surface area contributed by atoms with Crippen LogP contribution in [0, 0.1) is 35.3 Å². The van der Waals surface area contributed by atoms with Crippen molar-refractivity contribution in [1.82, 2.24) is 0 Å². The van der Waals surface area contributed by atoms with E-state index >= 15 is 0 Å². The SMILES string of the molecule is COc1cc(/C=C(\C#N)c2ccc([N+](=O)[O-])cc2)ccc1OCC(=O)Nc1cc(C)ccc1C. The second-order valence-corrected chi connectivity index (χ2v) is 7.54. The fraction of sp³-hybridized carbons (Fsp3) is 0.154. The van der Waals surface area contributed by atoms with Crippen LogP contribution in [0.5, 0.6) is 11.5 Å². The predicted molar refractivity (Wildman–Crippen MR) is 130 cm³/mol. The highest BCUT2D eigenvalue weighted by Crippen LogP contribution is 2.30. The van der Waals surface area contributed by atoms with E-state index < -0.39 is 4.92 Å². The normalized spacial score (nSPS) is 10.8. The first-order valence-electron chi connectivity index (χ1n) is 10.3. The lowest BCUT2D eigenvalue weighted by molar-refractivity contribution is -0.384. The van der Waals surface area contributed by atoms with Gasteiger partial charge in [0.1, 0.15) is 0 Å². The summed E-state index contributed by atoms with van der Waals surface area (Å²) >= 11 is 0. The number of hydrogen-bond acceptors (Lipinski definition) is 6. The average Bonchev–Trinajstić information content (AvgIpc) is 2.83. The number of nitro benzene ring substituents is 1. The van der Waals surface area contributed by atoms with Crippen molar-refractivity contribution in [3.63, 3.8) is 0 Å². The van der Waals surface area contributed by atoms with Crippen LogP contribution in [0.1, 0.15) is 22.3 Å². The maximum Gasteiger partial charge on any atom is 0.269 e. The van der Waals surface area contributed by atoms with Gasteiger partial charge in [-0.25, -0.2) is 0 Å². The zero-order chi connectivity index (χ0) is 24.7. The number of methoxy groups -OCH3 is 1. The second-order valence-electron chi connectivity index (χ2n) is 7.54. The van der Waals surface area contributed by atoms with Crippen molar-refractivity contribution in [2.45, 2.75) is 13.8 Å². The number of hydrogen-bond donors (Lipinski definition) is 1. The Kier molecular flexibility index (Phi) is 7.62. The molecular formula is C26H23N3O5. The molecule has 172 valence electrons. The molecule has 0 atom stereocenters. The maximum absolute atomic E-state index is 12.4. The molecule has 0 aliphatic carbocycles. The lowest BCUT2D eigenvalue weighted by atomic mass is 10.0. The van der Waals surface area contributed by atoms with Crippen LogP contribution in [0.25, 0.3) is 11.6 Å². The van der Waals surface area contributed by atoms with Gasteiger partial charge >= 0.3 is 0 Å². The molecule has 0 saturated heterocycles. The van der Waals surface area contributed by atoms with Crippen LogP contribution < -0.4 is 14.8 Å². The summed E-state index contributed by atoms with van der Waals surface area (Å²) in [5, 5.41) is 23.2. The minimum Gasteiger partial charge on any atom is -0.493 e. The van der Waals surface area contributed by atoms with Crippen LogP contribution in [0.3, 0.4) is 0 Å². The van der Waals surface area contributed by atoms with Crippen LogP contribution in [-0.2, 0) is 4.79 Å². The van der Waals surface area contributed by atoms with E-state index in [1.807, 2.05) is 32.0 Å². The van der Waals surface area contributed by atoms with Crippen LogP contribution in [0.4, 0.5) is 11.4 Å². The molecule has 0 fully saturated rings. The predicted octanol–water partition coefficient (Wildman–Crippen LogP) is 5.30. The number of nitrogens with one attached hydrogen (secondary N) is 1. The minimum atomic E-state index is -0.495. The van der Waals surface area contributed by atoms with E-state index in [9.17, 15) is 20.2 Å². The van der Waals surface area contributed by atoms with Gasteiger partial charge in [0, 0.05) is 17.8 Å². The third-order valence-electron chi connectivity index (χ3n) is 5.03. The quantitative estimate of drug-likeness (QED) is 0.212. The Hall–Kier alpha value is -4.64. The highest BCUT2D eigenvalue weighted by atomic mass is 16.6. The Bertz CT molecular complexity index is 1290. The number of allylic oxidation sites excluding steroid dienone is 1. The molecule has 0 saturated carbocycles. The first-order chi connectivity index (χ1) is 16.3. The van der Waals surface area contributed by atoms with Crippen LogP contribution in [0.15, 0.2) is 60.7 Å². The van der Waals surface area contributed by atoms with Crippen molar-refractivity contribution in [2.24, 2.45) is 0 Å². The molecule has 0 heterocycles. The van der Waals surface area contributed by atoms with Gasteiger partial charge in [-0.05, 0) is 72.5 Å². The number of aryl methyl sites for hydroxylation is 2. The summed E-state index contributed by atoms with van der Waals surface area (Å²) in [6.45, 7) is 3.66. The zero-order valence-corrected chi connectivity index (χ0v) is 19.0. The van der Waals surface area contributed by atoms with Crippen molar-refractivity contribution >= 4 is 28.9 Å². The number of carbonyl (C=O) groups excluding carboxylic acids is 1. The van der Waals surface area contributed by atoms with Gasteiger partial charge in [-0.3, -0.25) is 14.9 Å². The molecule has 3 rings (SSSR count). The molecule has 8 heteroatoms. The Morgan fingerprint density at radius 2 is 1.82 bits per heavy atom. The maximum atomic E-state index is 12.4. The number of amides is 1. The van der Waals surface area contributed by atoms with Crippen molar-refractivity contribution in [2.75, 3.05) is 19.0 Å². The molecule has 0 radical (unpaired) electrons. The first-order valence-corrected chi connectivity index (χ1v) is 10.3. The second kappa shape index (κ2) is 10.8. The van der Waals surface area contributed by atoms with E-state index in [1.165, 1.54) is 31.4 Å². The molecule has 1 amide bonds. The highest BCUT2D eigenvalue weighted by molar-refractivity contribution is 5.93. The van der Waals surface area contributed by atoms with Gasteiger partial charge in [0.15, 0.2) is 18.1 Å². The van der Waals surface area contributed by atoms with Crippen LogP contribution in [0.2, 0.25) is 0 Å². The molecule has 0 aliphatic rings. The van der Waals surface area contributed by atoms with E-state index in [2.05, 4.69) is 11.4 Å². The number of non-ortho nitro benzene ring substituents is 1. The molecule has 0 bridgehead atoms. The number of ether oxygens (including phenoxy) is 2. The standard InChI is InChI=1S/C26H23N3O5/c1-17-4-5-18(2)23(12-17)28-26(30)16-34-24-11-6-19(14-25(24)33-3)13-21(15-27)20-7-9-22(10-8-20)29(31)32/h4-14H,16H2,1-3H3,(H,28,30)/b21-13+. The number of nitro groups is 1. The summed E-state index contributed by atoms with van der Waals surface area (Å²) in [5.74, 6) is 0.476. The summed E-state index contributed by atoms with van der Waals surface area (Å²) in [7, 11) is 1.48. The van der Waals surface area contributed by atoms with Gasteiger partial charge in [0.05, 0.1) is 23.7 Å². The Balaban J connectivity index is 1.73. The average molecular weight is 457 g/mol. The topological polar surface area (TPSA) is 114 Å². The zero-order valence-electron chi connectivity index (χ0n) is 19.0. The number of benzene rings is 3. The van der Waals surface area contributed by atoms with E-state index in [0.29, 0.717) is 28.2 Å². The van der Waals surface area contributed by atoms with Gasteiger partial charge in [-0.2, -0.15) is 5.26 Å². The smallest absolute Gasteiger partial charge is 0.269 e. The molecule has 0 spiro atoms. The van der Waals surface area contributed by atoms with Gasteiger partial charge in [0.2, 0.25) is 0 Å².